The number of hydrogen-bond donors (Lipinski definition) is 1. The Morgan fingerprint density at radius 1 is 1.32 bits per heavy atom. The van der Waals surface area contributed by atoms with E-state index >= 15 is 0 Å². The number of benzene rings is 1. The van der Waals surface area contributed by atoms with Crippen LogP contribution in [0.1, 0.15) is 42.5 Å². The molecule has 0 saturated carbocycles. The third-order valence-electron chi connectivity index (χ3n) is 4.46. The minimum atomic E-state index is -0.525. The number of aryl methyl sites for hydroxylation is 1. The van der Waals surface area contributed by atoms with Crippen molar-refractivity contribution in [2.75, 3.05) is 13.1 Å². The van der Waals surface area contributed by atoms with Crippen molar-refractivity contribution in [1.82, 2.24) is 15.1 Å². The van der Waals surface area contributed by atoms with E-state index in [2.05, 4.69) is 22.0 Å². The van der Waals surface area contributed by atoms with Gasteiger partial charge in [-0.1, -0.05) is 13.0 Å². The third-order valence-corrected chi connectivity index (χ3v) is 4.46. The van der Waals surface area contributed by atoms with Gasteiger partial charge in [-0.05, 0) is 37.4 Å². The van der Waals surface area contributed by atoms with E-state index < -0.39 is 11.6 Å². The van der Waals surface area contributed by atoms with Gasteiger partial charge in [0.15, 0.2) is 0 Å². The quantitative estimate of drug-likeness (QED) is 0.935. The number of halogens is 2. The zero-order valence-electron chi connectivity index (χ0n) is 12.8. The molecule has 2 heterocycles. The highest BCUT2D eigenvalue weighted by Gasteiger charge is 2.24. The fourth-order valence-corrected chi connectivity index (χ4v) is 3.28. The number of aromatic nitrogens is 2. The van der Waals surface area contributed by atoms with Crippen LogP contribution in [-0.2, 0) is 13.0 Å². The van der Waals surface area contributed by atoms with Gasteiger partial charge in [-0.3, -0.25) is 10.00 Å². The van der Waals surface area contributed by atoms with E-state index in [1.807, 2.05) is 6.20 Å². The third kappa shape index (κ3) is 3.19. The van der Waals surface area contributed by atoms with Crippen LogP contribution >= 0.6 is 0 Å². The number of nitrogens with zero attached hydrogens (tertiary/aromatic N) is 2. The van der Waals surface area contributed by atoms with Gasteiger partial charge < -0.3 is 0 Å². The molecule has 22 heavy (non-hydrogen) atoms. The molecular weight excluding hydrogens is 284 g/mol. The number of hydrogen-bond acceptors (Lipinski definition) is 2. The molecule has 118 valence electrons. The van der Waals surface area contributed by atoms with Gasteiger partial charge in [0.1, 0.15) is 11.6 Å². The molecular formula is C17H21F2N3. The molecule has 1 N–H and O–H groups in total. The number of rotatable bonds is 4. The maximum atomic E-state index is 13.8. The van der Waals surface area contributed by atoms with E-state index in [4.69, 9.17) is 0 Å². The van der Waals surface area contributed by atoms with Gasteiger partial charge in [0.25, 0.3) is 0 Å². The second-order valence-corrected chi connectivity index (χ2v) is 5.97. The van der Waals surface area contributed by atoms with Gasteiger partial charge in [0, 0.05) is 36.3 Å². The lowest BCUT2D eigenvalue weighted by atomic mass is 9.91. The van der Waals surface area contributed by atoms with E-state index in [1.165, 1.54) is 17.3 Å². The number of H-pyrrole nitrogens is 1. The van der Waals surface area contributed by atoms with Crippen LogP contribution in [0.3, 0.4) is 0 Å². The molecule has 3 nitrogen and oxygen atoms in total. The maximum Gasteiger partial charge on any atom is 0.130 e. The van der Waals surface area contributed by atoms with Crippen LogP contribution < -0.4 is 0 Å². The summed E-state index contributed by atoms with van der Waals surface area (Å²) in [6, 6.07) is 3.83. The van der Waals surface area contributed by atoms with Crippen molar-refractivity contribution in [2.45, 2.75) is 38.6 Å². The van der Waals surface area contributed by atoms with Gasteiger partial charge in [-0.15, -0.1) is 0 Å². The van der Waals surface area contributed by atoms with E-state index in [9.17, 15) is 8.78 Å². The maximum absolute atomic E-state index is 13.8. The molecule has 5 heteroatoms. The van der Waals surface area contributed by atoms with Crippen molar-refractivity contribution in [2.24, 2.45) is 0 Å². The molecule has 0 spiro atoms. The van der Waals surface area contributed by atoms with Gasteiger partial charge in [-0.25, -0.2) is 8.78 Å². The van der Waals surface area contributed by atoms with E-state index in [1.54, 1.807) is 6.07 Å². The van der Waals surface area contributed by atoms with Crippen molar-refractivity contribution in [3.8, 4) is 0 Å². The molecule has 0 radical (unpaired) electrons. The fraction of sp³-hybridized carbons (Fsp3) is 0.471. The SMILES string of the molecule is CCc1cn[nH]c1C1CCCN(Cc2ccc(F)cc2F)C1. The monoisotopic (exact) mass is 305 g/mol. The number of aromatic amines is 1. The number of nitrogens with one attached hydrogen (secondary N) is 1. The fourth-order valence-electron chi connectivity index (χ4n) is 3.28. The van der Waals surface area contributed by atoms with Crippen LogP contribution in [0.4, 0.5) is 8.78 Å². The average molecular weight is 305 g/mol. The normalized spacial score (nSPS) is 19.5. The highest BCUT2D eigenvalue weighted by atomic mass is 19.1. The van der Waals surface area contributed by atoms with E-state index in [0.29, 0.717) is 18.0 Å². The summed E-state index contributed by atoms with van der Waals surface area (Å²) in [6.45, 7) is 4.48. The second kappa shape index (κ2) is 6.57. The Hall–Kier alpha value is -1.75. The van der Waals surface area contributed by atoms with Crippen molar-refractivity contribution < 1.29 is 8.78 Å². The lowest BCUT2D eigenvalue weighted by Gasteiger charge is -2.32. The Labute approximate surface area is 129 Å². The predicted molar refractivity (Wildman–Crippen MR) is 81.6 cm³/mol. The second-order valence-electron chi connectivity index (χ2n) is 5.97. The van der Waals surface area contributed by atoms with Crippen molar-refractivity contribution in [3.63, 3.8) is 0 Å². The van der Waals surface area contributed by atoms with E-state index in [0.717, 1.165) is 38.4 Å². The Kier molecular flexibility index (Phi) is 4.52. The highest BCUT2D eigenvalue weighted by Crippen LogP contribution is 2.29. The van der Waals surface area contributed by atoms with Crippen LogP contribution in [0.15, 0.2) is 24.4 Å². The Morgan fingerprint density at radius 2 is 2.18 bits per heavy atom. The summed E-state index contributed by atoms with van der Waals surface area (Å²) < 4.78 is 26.8. The zero-order chi connectivity index (χ0) is 15.5. The summed E-state index contributed by atoms with van der Waals surface area (Å²) in [5.74, 6) is -0.574. The summed E-state index contributed by atoms with van der Waals surface area (Å²) in [5, 5.41) is 7.29. The predicted octanol–water partition coefficient (Wildman–Crippen LogP) is 3.63. The molecule has 1 fully saturated rings. The Bertz CT molecular complexity index is 639. The van der Waals surface area contributed by atoms with Crippen LogP contribution in [0.25, 0.3) is 0 Å². The summed E-state index contributed by atoms with van der Waals surface area (Å²) >= 11 is 0. The molecule has 0 aliphatic carbocycles. The topological polar surface area (TPSA) is 31.9 Å². The Morgan fingerprint density at radius 3 is 2.95 bits per heavy atom. The van der Waals surface area contributed by atoms with Gasteiger partial charge in [0.2, 0.25) is 0 Å². The molecule has 1 saturated heterocycles. The molecule has 2 aromatic rings. The molecule has 1 atom stereocenters. The molecule has 1 aromatic carbocycles. The molecule has 0 bridgehead atoms. The van der Waals surface area contributed by atoms with Crippen LogP contribution in [0.5, 0.6) is 0 Å². The average Bonchev–Trinajstić information content (AvgIpc) is 2.99. The molecule has 0 amide bonds. The zero-order valence-corrected chi connectivity index (χ0v) is 12.8. The van der Waals surface area contributed by atoms with Crippen LogP contribution in [0.2, 0.25) is 0 Å². The number of likely N-dealkylation sites (tertiary alicyclic amines) is 1. The van der Waals surface area contributed by atoms with Gasteiger partial charge in [-0.2, -0.15) is 5.10 Å². The lowest BCUT2D eigenvalue weighted by molar-refractivity contribution is 0.196. The van der Waals surface area contributed by atoms with Crippen molar-refractivity contribution in [1.29, 1.82) is 0 Å². The minimum absolute atomic E-state index is 0.412. The first-order chi connectivity index (χ1) is 10.7. The molecule has 1 aliphatic heterocycles. The lowest BCUT2D eigenvalue weighted by Crippen LogP contribution is -2.34. The first-order valence-corrected chi connectivity index (χ1v) is 7.85. The van der Waals surface area contributed by atoms with E-state index in [-0.39, 0.29) is 0 Å². The summed E-state index contributed by atoms with van der Waals surface area (Å²) in [6.07, 6.45) is 5.07. The van der Waals surface area contributed by atoms with Crippen LogP contribution in [-0.4, -0.2) is 28.2 Å². The first-order valence-electron chi connectivity index (χ1n) is 7.85. The molecule has 1 aliphatic rings. The smallest absolute Gasteiger partial charge is 0.130 e. The molecule has 3 rings (SSSR count). The molecule has 1 unspecified atom stereocenters. The minimum Gasteiger partial charge on any atom is -0.298 e. The standard InChI is InChI=1S/C17H21F2N3/c1-2-12-9-20-21-17(12)14-4-3-7-22(11-14)10-13-5-6-15(18)8-16(13)19/h5-6,8-9,14H,2-4,7,10-11H2,1H3,(H,20,21). The highest BCUT2D eigenvalue weighted by molar-refractivity contribution is 5.22. The summed E-state index contributed by atoms with van der Waals surface area (Å²) in [5.41, 5.74) is 3.04. The summed E-state index contributed by atoms with van der Waals surface area (Å²) in [4.78, 5) is 2.24. The Balaban J connectivity index is 1.70. The summed E-state index contributed by atoms with van der Waals surface area (Å²) in [7, 11) is 0. The first kappa shape index (κ1) is 15.2. The van der Waals surface area contributed by atoms with Gasteiger partial charge in [0.05, 0.1) is 6.20 Å². The van der Waals surface area contributed by atoms with Crippen molar-refractivity contribution >= 4 is 0 Å². The van der Waals surface area contributed by atoms with Crippen LogP contribution in [0, 0.1) is 11.6 Å². The number of piperidine rings is 1. The van der Waals surface area contributed by atoms with Gasteiger partial charge >= 0.3 is 0 Å². The van der Waals surface area contributed by atoms with Crippen molar-refractivity contribution in [3.05, 3.63) is 52.9 Å². The molecule has 1 aromatic heterocycles. The largest absolute Gasteiger partial charge is 0.298 e.